The van der Waals surface area contributed by atoms with E-state index in [9.17, 15) is 13.2 Å². The third-order valence-corrected chi connectivity index (χ3v) is 4.88. The van der Waals surface area contributed by atoms with Crippen LogP contribution in [0, 0.1) is 6.92 Å². The van der Waals surface area contributed by atoms with E-state index in [1.54, 1.807) is 0 Å². The highest BCUT2D eigenvalue weighted by Gasteiger charge is 2.22. The van der Waals surface area contributed by atoms with E-state index in [1.807, 2.05) is 0 Å². The van der Waals surface area contributed by atoms with Crippen molar-refractivity contribution in [3.05, 3.63) is 10.2 Å². The van der Waals surface area contributed by atoms with E-state index in [0.29, 0.717) is 5.69 Å². The summed E-state index contributed by atoms with van der Waals surface area (Å²) < 4.78 is 29.9. The van der Waals surface area contributed by atoms with Crippen LogP contribution in [0.1, 0.15) is 5.69 Å². The summed E-state index contributed by atoms with van der Waals surface area (Å²) in [4.78, 5) is 14.6. The number of carbonyl (C=O) groups is 1. The average molecular weight is 285 g/mol. The Morgan fingerprint density at radius 3 is 2.69 bits per heavy atom. The van der Waals surface area contributed by atoms with Gasteiger partial charge in [0.2, 0.25) is 0 Å². The smallest absolute Gasteiger partial charge is 0.320 e. The molecular weight excluding hydrogens is 276 g/mol. The fraction of sp³-hybridized carbons (Fsp3) is 0.429. The molecule has 90 valence electrons. The van der Waals surface area contributed by atoms with Crippen molar-refractivity contribution < 1.29 is 17.9 Å². The zero-order valence-electron chi connectivity index (χ0n) is 8.48. The normalized spacial score (nSPS) is 11.4. The summed E-state index contributed by atoms with van der Waals surface area (Å²) in [6.07, 6.45) is 0. The summed E-state index contributed by atoms with van der Waals surface area (Å²) in [6.45, 7) is 1.10. The Bertz CT molecular complexity index is 496. The van der Waals surface area contributed by atoms with Gasteiger partial charge >= 0.3 is 5.97 Å². The van der Waals surface area contributed by atoms with Crippen LogP contribution >= 0.6 is 22.9 Å². The number of hydrogen-bond acceptors (Lipinski definition) is 6. The summed E-state index contributed by atoms with van der Waals surface area (Å²) in [5.74, 6) is -0.670. The lowest BCUT2D eigenvalue weighted by Gasteiger charge is -2.03. The molecule has 0 unspecified atom stereocenters. The number of halogens is 1. The molecule has 0 spiro atoms. The molecule has 9 heteroatoms. The van der Waals surface area contributed by atoms with Crippen molar-refractivity contribution >= 4 is 38.9 Å². The SMILES string of the molecule is COC(=O)CNS(=O)(=O)c1sc(Cl)nc1C. The van der Waals surface area contributed by atoms with Crippen LogP contribution in [0.25, 0.3) is 0 Å². The van der Waals surface area contributed by atoms with E-state index in [4.69, 9.17) is 11.6 Å². The number of nitrogens with one attached hydrogen (secondary N) is 1. The lowest BCUT2D eigenvalue weighted by Crippen LogP contribution is -2.30. The molecule has 0 saturated carbocycles. The number of carbonyl (C=O) groups excluding carboxylic acids is 1. The Morgan fingerprint density at radius 2 is 2.25 bits per heavy atom. The Labute approximate surface area is 102 Å². The van der Waals surface area contributed by atoms with Crippen molar-refractivity contribution in [1.82, 2.24) is 9.71 Å². The van der Waals surface area contributed by atoms with Gasteiger partial charge in [0.25, 0.3) is 10.0 Å². The molecule has 1 heterocycles. The molecule has 16 heavy (non-hydrogen) atoms. The molecule has 0 aromatic carbocycles. The number of nitrogens with zero attached hydrogens (tertiary/aromatic N) is 1. The summed E-state index contributed by atoms with van der Waals surface area (Å²) in [6, 6.07) is 0. The third-order valence-electron chi connectivity index (χ3n) is 1.61. The molecule has 0 aliphatic rings. The van der Waals surface area contributed by atoms with E-state index in [1.165, 1.54) is 14.0 Å². The maximum atomic E-state index is 11.7. The minimum Gasteiger partial charge on any atom is -0.468 e. The van der Waals surface area contributed by atoms with E-state index in [2.05, 4.69) is 14.4 Å². The Hall–Kier alpha value is -0.700. The van der Waals surface area contributed by atoms with Crippen molar-refractivity contribution in [2.24, 2.45) is 0 Å². The fourth-order valence-electron chi connectivity index (χ4n) is 0.892. The number of aryl methyl sites for hydroxylation is 1. The number of aromatic nitrogens is 1. The number of ether oxygens (including phenoxy) is 1. The molecule has 0 fully saturated rings. The first kappa shape index (κ1) is 13.4. The van der Waals surface area contributed by atoms with Crippen LogP contribution < -0.4 is 4.72 Å². The van der Waals surface area contributed by atoms with Gasteiger partial charge in [0.05, 0.1) is 12.8 Å². The van der Waals surface area contributed by atoms with Gasteiger partial charge in [0, 0.05) is 0 Å². The molecule has 6 nitrogen and oxygen atoms in total. The second-order valence-corrected chi connectivity index (χ2v) is 6.28. The van der Waals surface area contributed by atoms with Crippen molar-refractivity contribution in [2.75, 3.05) is 13.7 Å². The van der Waals surface area contributed by atoms with Crippen LogP contribution in [0.4, 0.5) is 0 Å². The standard InChI is InChI=1S/C7H9ClN2O4S2/c1-4-6(15-7(8)10-4)16(12,13)9-3-5(11)14-2/h9H,3H2,1-2H3. The predicted octanol–water partition coefficient (Wildman–Crippen LogP) is 0.556. The summed E-state index contributed by atoms with van der Waals surface area (Å²) >= 11 is 6.42. The number of hydrogen-bond donors (Lipinski definition) is 1. The molecule has 0 aliphatic carbocycles. The maximum absolute atomic E-state index is 11.7. The van der Waals surface area contributed by atoms with Crippen molar-refractivity contribution in [2.45, 2.75) is 11.1 Å². The van der Waals surface area contributed by atoms with Crippen molar-refractivity contribution in [3.63, 3.8) is 0 Å². The summed E-state index contributed by atoms with van der Waals surface area (Å²) in [7, 11) is -2.58. The molecule has 0 aliphatic heterocycles. The van der Waals surface area contributed by atoms with E-state index < -0.39 is 22.5 Å². The highest BCUT2D eigenvalue weighted by Crippen LogP contribution is 2.26. The number of rotatable bonds is 4. The molecule has 1 N–H and O–H groups in total. The maximum Gasteiger partial charge on any atom is 0.320 e. The second kappa shape index (κ2) is 5.09. The van der Waals surface area contributed by atoms with Crippen LogP contribution in [0.5, 0.6) is 0 Å². The quantitative estimate of drug-likeness (QED) is 0.817. The number of thiazole rings is 1. The lowest BCUT2D eigenvalue weighted by atomic mass is 10.6. The number of sulfonamides is 1. The topological polar surface area (TPSA) is 85.4 Å². The number of methoxy groups -OCH3 is 1. The van der Waals surface area contributed by atoms with Crippen LogP contribution in [0.3, 0.4) is 0 Å². The summed E-state index contributed by atoms with van der Waals surface area (Å²) in [5.41, 5.74) is 0.298. The van der Waals surface area contributed by atoms with E-state index >= 15 is 0 Å². The first-order chi connectivity index (χ1) is 7.36. The molecule has 1 aromatic rings. The average Bonchev–Trinajstić information content (AvgIpc) is 2.55. The van der Waals surface area contributed by atoms with Gasteiger partial charge in [-0.25, -0.2) is 13.4 Å². The highest BCUT2D eigenvalue weighted by molar-refractivity contribution is 7.91. The first-order valence-electron chi connectivity index (χ1n) is 4.06. The summed E-state index contributed by atoms with van der Waals surface area (Å²) in [5, 5.41) is 0. The van der Waals surface area contributed by atoms with Crippen LogP contribution in [-0.4, -0.2) is 33.0 Å². The monoisotopic (exact) mass is 284 g/mol. The van der Waals surface area contributed by atoms with E-state index in [-0.39, 0.29) is 8.68 Å². The lowest BCUT2D eigenvalue weighted by molar-refractivity contribution is -0.139. The van der Waals surface area contributed by atoms with Gasteiger partial charge in [-0.2, -0.15) is 4.72 Å². The zero-order chi connectivity index (χ0) is 12.3. The Morgan fingerprint density at radius 1 is 1.62 bits per heavy atom. The molecule has 0 atom stereocenters. The van der Waals surface area contributed by atoms with Crippen molar-refractivity contribution in [1.29, 1.82) is 0 Å². The minimum absolute atomic E-state index is 0.00130. The second-order valence-electron chi connectivity index (χ2n) is 2.74. The molecule has 1 aromatic heterocycles. The largest absolute Gasteiger partial charge is 0.468 e. The van der Waals surface area contributed by atoms with Gasteiger partial charge in [-0.3, -0.25) is 4.79 Å². The molecule has 0 radical (unpaired) electrons. The van der Waals surface area contributed by atoms with Crippen LogP contribution in [-0.2, 0) is 19.6 Å². The van der Waals surface area contributed by atoms with Crippen LogP contribution in [0.15, 0.2) is 4.21 Å². The highest BCUT2D eigenvalue weighted by atomic mass is 35.5. The molecule has 1 rings (SSSR count). The molecule has 0 amide bonds. The molecular formula is C7H9ClN2O4S2. The third kappa shape index (κ3) is 3.14. The van der Waals surface area contributed by atoms with Crippen molar-refractivity contribution in [3.8, 4) is 0 Å². The van der Waals surface area contributed by atoms with Crippen LogP contribution in [0.2, 0.25) is 4.47 Å². The molecule has 0 saturated heterocycles. The molecule has 0 bridgehead atoms. The fourth-order valence-corrected chi connectivity index (χ4v) is 3.64. The van der Waals surface area contributed by atoms with E-state index in [0.717, 1.165) is 11.3 Å². The minimum atomic E-state index is -3.75. The Kier molecular flexibility index (Phi) is 4.25. The van der Waals surface area contributed by atoms with Gasteiger partial charge in [-0.15, -0.1) is 0 Å². The first-order valence-corrected chi connectivity index (χ1v) is 6.74. The van der Waals surface area contributed by atoms with Gasteiger partial charge in [0.1, 0.15) is 6.54 Å². The zero-order valence-corrected chi connectivity index (χ0v) is 10.9. The predicted molar refractivity (Wildman–Crippen MR) is 59.1 cm³/mol. The van der Waals surface area contributed by atoms with Gasteiger partial charge in [-0.05, 0) is 6.92 Å². The van der Waals surface area contributed by atoms with Gasteiger partial charge < -0.3 is 4.74 Å². The number of esters is 1. The Balaban J connectivity index is 2.86. The van der Waals surface area contributed by atoms with Gasteiger partial charge in [-0.1, -0.05) is 22.9 Å². The van der Waals surface area contributed by atoms with Gasteiger partial charge in [0.15, 0.2) is 8.68 Å².